The van der Waals surface area contributed by atoms with Crippen LogP contribution in [0.3, 0.4) is 0 Å². The molecule has 1 aliphatic heterocycles. The van der Waals surface area contributed by atoms with E-state index in [-0.39, 0.29) is 0 Å². The molecule has 0 saturated carbocycles. The van der Waals surface area contributed by atoms with Crippen molar-refractivity contribution >= 4 is 17.3 Å². The smallest absolute Gasteiger partial charge is 0.134 e. The highest BCUT2D eigenvalue weighted by atomic mass is 35.5. The van der Waals surface area contributed by atoms with Crippen LogP contribution in [0.1, 0.15) is 12.8 Å². The fourth-order valence-electron chi connectivity index (χ4n) is 2.29. The summed E-state index contributed by atoms with van der Waals surface area (Å²) in [6.07, 6.45) is 4.21. The minimum atomic E-state index is 0.596. The van der Waals surface area contributed by atoms with E-state index in [1.54, 1.807) is 6.33 Å². The quantitative estimate of drug-likeness (QED) is 0.883. The van der Waals surface area contributed by atoms with E-state index in [0.29, 0.717) is 5.15 Å². The summed E-state index contributed by atoms with van der Waals surface area (Å²) in [5.74, 6) is 0. The van der Waals surface area contributed by atoms with Crippen LogP contribution in [0.2, 0.25) is 5.15 Å². The number of rotatable bonds is 2. The predicted molar refractivity (Wildman–Crippen MR) is 70.5 cm³/mol. The van der Waals surface area contributed by atoms with E-state index in [0.717, 1.165) is 11.3 Å². The molecule has 17 heavy (non-hydrogen) atoms. The molecule has 3 nitrogen and oxygen atoms in total. The lowest BCUT2D eigenvalue weighted by Crippen LogP contribution is -2.17. The maximum Gasteiger partial charge on any atom is 0.134 e. The summed E-state index contributed by atoms with van der Waals surface area (Å²) in [5, 5.41) is 0.596. The number of aromatic amines is 1. The molecule has 0 bridgehead atoms. The van der Waals surface area contributed by atoms with Crippen LogP contribution in [0.25, 0.3) is 11.3 Å². The van der Waals surface area contributed by atoms with E-state index in [1.165, 1.54) is 31.6 Å². The summed E-state index contributed by atoms with van der Waals surface area (Å²) in [7, 11) is 0. The van der Waals surface area contributed by atoms with Gasteiger partial charge in [-0.2, -0.15) is 0 Å². The van der Waals surface area contributed by atoms with E-state index >= 15 is 0 Å². The van der Waals surface area contributed by atoms with Crippen molar-refractivity contribution in [1.82, 2.24) is 9.97 Å². The average Bonchev–Trinajstić information content (AvgIpc) is 3.00. The summed E-state index contributed by atoms with van der Waals surface area (Å²) >= 11 is 6.01. The van der Waals surface area contributed by atoms with Gasteiger partial charge in [0.05, 0.1) is 6.33 Å². The molecule has 0 amide bonds. The molecule has 2 heterocycles. The van der Waals surface area contributed by atoms with Crippen LogP contribution in [0.15, 0.2) is 30.6 Å². The van der Waals surface area contributed by atoms with Crippen LogP contribution in [-0.2, 0) is 0 Å². The lowest BCUT2D eigenvalue weighted by molar-refractivity contribution is 0.949. The largest absolute Gasteiger partial charge is 0.372 e. The van der Waals surface area contributed by atoms with Crippen LogP contribution in [0, 0.1) is 0 Å². The van der Waals surface area contributed by atoms with Crippen LogP contribution >= 0.6 is 11.6 Å². The summed E-state index contributed by atoms with van der Waals surface area (Å²) in [6, 6.07) is 8.45. The molecule has 3 rings (SSSR count). The number of imidazole rings is 1. The molecule has 4 heteroatoms. The molecule has 0 unspecified atom stereocenters. The summed E-state index contributed by atoms with van der Waals surface area (Å²) in [5.41, 5.74) is 3.16. The summed E-state index contributed by atoms with van der Waals surface area (Å²) in [4.78, 5) is 9.51. The first-order valence-electron chi connectivity index (χ1n) is 5.89. The third-order valence-electron chi connectivity index (χ3n) is 3.20. The minimum absolute atomic E-state index is 0.596. The maximum absolute atomic E-state index is 6.01. The normalized spacial score (nSPS) is 15.5. The summed E-state index contributed by atoms with van der Waals surface area (Å²) < 4.78 is 0. The highest BCUT2D eigenvalue weighted by molar-refractivity contribution is 6.31. The van der Waals surface area contributed by atoms with Crippen LogP contribution in [0.4, 0.5) is 5.69 Å². The van der Waals surface area contributed by atoms with E-state index in [1.807, 2.05) is 0 Å². The Morgan fingerprint density at radius 3 is 2.41 bits per heavy atom. The number of halogens is 1. The Morgan fingerprint density at radius 2 is 1.82 bits per heavy atom. The van der Waals surface area contributed by atoms with Gasteiger partial charge < -0.3 is 9.88 Å². The van der Waals surface area contributed by atoms with Gasteiger partial charge in [-0.3, -0.25) is 0 Å². The molecular formula is C13H14ClN3. The average molecular weight is 248 g/mol. The van der Waals surface area contributed by atoms with Gasteiger partial charge in [0.1, 0.15) is 10.8 Å². The topological polar surface area (TPSA) is 31.9 Å². The Balaban J connectivity index is 1.87. The van der Waals surface area contributed by atoms with Gasteiger partial charge in [-0.15, -0.1) is 0 Å². The van der Waals surface area contributed by atoms with Gasteiger partial charge in [-0.1, -0.05) is 23.7 Å². The van der Waals surface area contributed by atoms with Gasteiger partial charge >= 0.3 is 0 Å². The van der Waals surface area contributed by atoms with Crippen LogP contribution in [0.5, 0.6) is 0 Å². The van der Waals surface area contributed by atoms with Crippen molar-refractivity contribution in [3.63, 3.8) is 0 Å². The van der Waals surface area contributed by atoms with Crippen molar-refractivity contribution in [3.8, 4) is 11.3 Å². The third kappa shape index (κ3) is 2.03. The number of hydrogen-bond acceptors (Lipinski definition) is 2. The zero-order valence-electron chi connectivity index (χ0n) is 9.49. The number of nitrogens with one attached hydrogen (secondary N) is 1. The van der Waals surface area contributed by atoms with Crippen molar-refractivity contribution in [1.29, 1.82) is 0 Å². The zero-order valence-corrected chi connectivity index (χ0v) is 10.2. The SMILES string of the molecule is Clc1[nH]cnc1-c1ccc(N2CCCC2)cc1. The molecule has 1 saturated heterocycles. The second kappa shape index (κ2) is 4.41. The van der Waals surface area contributed by atoms with E-state index in [4.69, 9.17) is 11.6 Å². The Labute approximate surface area is 105 Å². The Morgan fingerprint density at radius 1 is 1.12 bits per heavy atom. The number of anilines is 1. The number of H-pyrrole nitrogens is 1. The first-order valence-corrected chi connectivity index (χ1v) is 6.26. The number of hydrogen-bond donors (Lipinski definition) is 1. The summed E-state index contributed by atoms with van der Waals surface area (Å²) in [6.45, 7) is 2.34. The van der Waals surface area contributed by atoms with Crippen molar-refractivity contribution in [2.45, 2.75) is 12.8 Å². The fraction of sp³-hybridized carbons (Fsp3) is 0.308. The van der Waals surface area contributed by atoms with Gasteiger partial charge in [0.15, 0.2) is 0 Å². The Kier molecular flexibility index (Phi) is 2.77. The zero-order chi connectivity index (χ0) is 11.7. The molecule has 1 N–H and O–H groups in total. The second-order valence-electron chi connectivity index (χ2n) is 4.31. The molecule has 0 radical (unpaired) electrons. The van der Waals surface area contributed by atoms with E-state index in [9.17, 15) is 0 Å². The Bertz CT molecular complexity index is 498. The molecule has 2 aromatic rings. The van der Waals surface area contributed by atoms with Gasteiger partial charge in [0.2, 0.25) is 0 Å². The van der Waals surface area contributed by atoms with Crippen LogP contribution in [-0.4, -0.2) is 23.1 Å². The highest BCUT2D eigenvalue weighted by Crippen LogP contribution is 2.27. The highest BCUT2D eigenvalue weighted by Gasteiger charge is 2.12. The molecular weight excluding hydrogens is 234 g/mol. The second-order valence-corrected chi connectivity index (χ2v) is 4.68. The molecule has 1 aliphatic rings. The van der Waals surface area contributed by atoms with Crippen molar-refractivity contribution in [2.24, 2.45) is 0 Å². The molecule has 0 atom stereocenters. The maximum atomic E-state index is 6.01. The molecule has 0 spiro atoms. The van der Waals surface area contributed by atoms with Crippen molar-refractivity contribution < 1.29 is 0 Å². The predicted octanol–water partition coefficient (Wildman–Crippen LogP) is 3.33. The monoisotopic (exact) mass is 247 g/mol. The molecule has 1 aromatic heterocycles. The first kappa shape index (κ1) is 10.7. The number of benzene rings is 1. The number of aromatic nitrogens is 2. The van der Waals surface area contributed by atoms with Gasteiger partial charge in [0, 0.05) is 24.3 Å². The van der Waals surface area contributed by atoms with E-state index < -0.39 is 0 Å². The standard InChI is InChI=1S/C13H14ClN3/c14-13-12(15-9-16-13)10-3-5-11(6-4-10)17-7-1-2-8-17/h3-6,9H,1-2,7-8H2,(H,15,16). The fourth-order valence-corrected chi connectivity index (χ4v) is 2.49. The van der Waals surface area contributed by atoms with Gasteiger partial charge in [-0.05, 0) is 25.0 Å². The minimum Gasteiger partial charge on any atom is -0.372 e. The Hall–Kier alpha value is -1.48. The third-order valence-corrected chi connectivity index (χ3v) is 3.49. The first-order chi connectivity index (χ1) is 8.34. The van der Waals surface area contributed by atoms with Gasteiger partial charge in [-0.25, -0.2) is 4.98 Å². The van der Waals surface area contributed by atoms with E-state index in [2.05, 4.69) is 39.1 Å². The molecule has 88 valence electrons. The molecule has 1 fully saturated rings. The number of nitrogens with zero attached hydrogens (tertiary/aromatic N) is 2. The van der Waals surface area contributed by atoms with Crippen molar-refractivity contribution in [3.05, 3.63) is 35.7 Å². The molecule has 1 aromatic carbocycles. The van der Waals surface area contributed by atoms with Gasteiger partial charge in [0.25, 0.3) is 0 Å². The van der Waals surface area contributed by atoms with Crippen LogP contribution < -0.4 is 4.90 Å². The lowest BCUT2D eigenvalue weighted by Gasteiger charge is -2.17. The van der Waals surface area contributed by atoms with Crippen molar-refractivity contribution in [2.75, 3.05) is 18.0 Å². The molecule has 0 aliphatic carbocycles. The lowest BCUT2D eigenvalue weighted by atomic mass is 10.1.